The second-order valence-corrected chi connectivity index (χ2v) is 2.82. The molecule has 0 spiro atoms. The Balaban J connectivity index is 2.80. The summed E-state index contributed by atoms with van der Waals surface area (Å²) in [7, 11) is 0. The van der Waals surface area contributed by atoms with E-state index in [1.807, 2.05) is 0 Å². The average molecular weight is 253 g/mol. The first kappa shape index (κ1) is 10.2. The lowest BCUT2D eigenvalue weighted by Gasteiger charge is -2.15. The second kappa shape index (κ2) is 3.87. The van der Waals surface area contributed by atoms with Crippen LogP contribution in [0, 0.1) is 0 Å². The lowest BCUT2D eigenvalue weighted by Crippen LogP contribution is -2.26. The Kier molecular flexibility index (Phi) is 3.02. The molecule has 0 aliphatic rings. The number of nitrogen functional groups attached to an aromatic ring is 1. The average Bonchev–Trinajstić information content (AvgIpc) is 2.09. The number of hydrogen-bond acceptors (Lipinski definition) is 3. The summed E-state index contributed by atoms with van der Waals surface area (Å²) < 4.78 is 29.6. The maximum Gasteiger partial charge on any atom is 0.407 e. The summed E-state index contributed by atoms with van der Waals surface area (Å²) in [6, 6.07) is 2.80. The molecule has 0 bridgehead atoms. The van der Waals surface area contributed by atoms with Crippen LogP contribution in [0.15, 0.2) is 18.3 Å². The van der Waals surface area contributed by atoms with Crippen LogP contribution >= 0.6 is 15.9 Å². The molecular formula is C7H7BrF2N2O. The van der Waals surface area contributed by atoms with Gasteiger partial charge in [0.25, 0.3) is 0 Å². The smallest absolute Gasteiger partial charge is 0.407 e. The van der Waals surface area contributed by atoms with Gasteiger partial charge in [0.05, 0.1) is 0 Å². The second-order valence-electron chi connectivity index (χ2n) is 2.26. The summed E-state index contributed by atoms with van der Waals surface area (Å²) in [5, 5.41) is -0.589. The molecule has 1 aromatic heterocycles. The molecule has 0 aliphatic heterocycles. The summed E-state index contributed by atoms with van der Waals surface area (Å²) >= 11 is 2.62. The highest BCUT2D eigenvalue weighted by Crippen LogP contribution is 2.26. The van der Waals surface area contributed by atoms with Crippen molar-refractivity contribution in [3.8, 4) is 5.75 Å². The van der Waals surface area contributed by atoms with Gasteiger partial charge in [-0.25, -0.2) is 4.98 Å². The largest absolute Gasteiger partial charge is 0.428 e. The fourth-order valence-electron chi connectivity index (χ4n) is 0.677. The van der Waals surface area contributed by atoms with Crippen LogP contribution in [0.5, 0.6) is 5.75 Å². The van der Waals surface area contributed by atoms with E-state index in [9.17, 15) is 8.78 Å². The van der Waals surface area contributed by atoms with Crippen LogP contribution in [0.25, 0.3) is 0 Å². The lowest BCUT2D eigenvalue weighted by atomic mass is 10.4. The van der Waals surface area contributed by atoms with Gasteiger partial charge in [0.15, 0.2) is 11.6 Å². The minimum Gasteiger partial charge on any atom is -0.428 e. The molecule has 0 unspecified atom stereocenters. The van der Waals surface area contributed by atoms with Gasteiger partial charge in [-0.15, -0.1) is 0 Å². The van der Waals surface area contributed by atoms with Gasteiger partial charge in [0.1, 0.15) is 5.33 Å². The molecule has 2 N–H and O–H groups in total. The molecule has 0 atom stereocenters. The van der Waals surface area contributed by atoms with Crippen molar-refractivity contribution in [2.45, 2.75) is 6.11 Å². The molecule has 13 heavy (non-hydrogen) atoms. The molecule has 1 heterocycles. The van der Waals surface area contributed by atoms with Gasteiger partial charge in [0.2, 0.25) is 0 Å². The summed E-state index contributed by atoms with van der Waals surface area (Å²) in [4.78, 5) is 3.60. The molecule has 1 aromatic rings. The standard InChI is InChI=1S/C7H7BrF2N2O/c8-4-7(9,10)13-5-2-1-3-12-6(5)11/h1-3H,4H2,(H2,11,12). The third-order valence-corrected chi connectivity index (χ3v) is 1.87. The predicted molar refractivity (Wildman–Crippen MR) is 48.0 cm³/mol. The monoisotopic (exact) mass is 252 g/mol. The highest BCUT2D eigenvalue weighted by molar-refractivity contribution is 9.09. The van der Waals surface area contributed by atoms with E-state index in [0.29, 0.717) is 0 Å². The molecular weight excluding hydrogens is 246 g/mol. The number of anilines is 1. The quantitative estimate of drug-likeness (QED) is 0.838. The first-order chi connectivity index (χ1) is 6.05. The SMILES string of the molecule is Nc1ncccc1OC(F)(F)CBr. The van der Waals surface area contributed by atoms with E-state index in [1.165, 1.54) is 18.3 Å². The van der Waals surface area contributed by atoms with Crippen molar-refractivity contribution in [2.75, 3.05) is 11.1 Å². The molecule has 3 nitrogen and oxygen atoms in total. The molecule has 0 saturated carbocycles. The van der Waals surface area contributed by atoms with Gasteiger partial charge >= 0.3 is 6.11 Å². The normalized spacial score (nSPS) is 11.3. The van der Waals surface area contributed by atoms with E-state index in [0.717, 1.165) is 0 Å². The number of ether oxygens (including phenoxy) is 1. The molecule has 1 rings (SSSR count). The van der Waals surface area contributed by atoms with Gasteiger partial charge in [0, 0.05) is 6.20 Å². The Morgan fingerprint density at radius 2 is 2.31 bits per heavy atom. The zero-order valence-corrected chi connectivity index (χ0v) is 8.09. The van der Waals surface area contributed by atoms with Crippen molar-refractivity contribution in [2.24, 2.45) is 0 Å². The van der Waals surface area contributed by atoms with E-state index >= 15 is 0 Å². The zero-order chi connectivity index (χ0) is 9.90. The van der Waals surface area contributed by atoms with Crippen LogP contribution < -0.4 is 10.5 Å². The Morgan fingerprint density at radius 1 is 1.62 bits per heavy atom. The summed E-state index contributed by atoms with van der Waals surface area (Å²) in [6.45, 7) is 0. The number of alkyl halides is 3. The van der Waals surface area contributed by atoms with Gasteiger partial charge in [-0.05, 0) is 12.1 Å². The Bertz CT molecular complexity index is 296. The maximum atomic E-state index is 12.7. The van der Waals surface area contributed by atoms with E-state index < -0.39 is 11.4 Å². The number of pyridine rings is 1. The first-order valence-electron chi connectivity index (χ1n) is 3.38. The zero-order valence-electron chi connectivity index (χ0n) is 6.51. The highest BCUT2D eigenvalue weighted by atomic mass is 79.9. The van der Waals surface area contributed by atoms with E-state index in [2.05, 4.69) is 25.7 Å². The van der Waals surface area contributed by atoms with E-state index in [-0.39, 0.29) is 11.6 Å². The molecule has 0 aliphatic carbocycles. The molecule has 6 heteroatoms. The molecule has 72 valence electrons. The van der Waals surface area contributed by atoms with Crippen LogP contribution in [0.3, 0.4) is 0 Å². The van der Waals surface area contributed by atoms with Crippen molar-refractivity contribution in [3.05, 3.63) is 18.3 Å². The summed E-state index contributed by atoms with van der Waals surface area (Å²) in [5.41, 5.74) is 5.30. The maximum absolute atomic E-state index is 12.7. The predicted octanol–water partition coefficient (Wildman–Crippen LogP) is 2.03. The highest BCUT2D eigenvalue weighted by Gasteiger charge is 2.30. The molecule has 0 saturated heterocycles. The van der Waals surface area contributed by atoms with Gasteiger partial charge < -0.3 is 10.5 Å². The van der Waals surface area contributed by atoms with Crippen LogP contribution in [-0.2, 0) is 0 Å². The fraction of sp³-hybridized carbons (Fsp3) is 0.286. The van der Waals surface area contributed by atoms with Crippen molar-refractivity contribution in [1.29, 1.82) is 0 Å². The van der Waals surface area contributed by atoms with Crippen molar-refractivity contribution in [3.63, 3.8) is 0 Å². The van der Waals surface area contributed by atoms with E-state index in [4.69, 9.17) is 5.73 Å². The van der Waals surface area contributed by atoms with E-state index in [1.54, 1.807) is 0 Å². The van der Waals surface area contributed by atoms with Crippen LogP contribution in [-0.4, -0.2) is 16.4 Å². The third kappa shape index (κ3) is 2.80. The van der Waals surface area contributed by atoms with Gasteiger partial charge in [-0.2, -0.15) is 8.78 Å². The lowest BCUT2D eigenvalue weighted by molar-refractivity contribution is -0.153. The van der Waals surface area contributed by atoms with Crippen molar-refractivity contribution >= 4 is 21.7 Å². The van der Waals surface area contributed by atoms with Crippen LogP contribution in [0.4, 0.5) is 14.6 Å². The number of halogens is 3. The summed E-state index contributed by atoms with van der Waals surface area (Å²) in [5.74, 6) is -0.171. The minimum atomic E-state index is -3.27. The number of aromatic nitrogens is 1. The van der Waals surface area contributed by atoms with Crippen LogP contribution in [0.1, 0.15) is 0 Å². The minimum absolute atomic E-state index is 0.0527. The number of nitrogens with two attached hydrogens (primary N) is 1. The molecule has 0 fully saturated rings. The van der Waals surface area contributed by atoms with Gasteiger partial charge in [-0.1, -0.05) is 15.9 Å². The van der Waals surface area contributed by atoms with Crippen molar-refractivity contribution in [1.82, 2.24) is 4.98 Å². The first-order valence-corrected chi connectivity index (χ1v) is 4.50. The van der Waals surface area contributed by atoms with Crippen molar-refractivity contribution < 1.29 is 13.5 Å². The number of nitrogens with zero attached hydrogens (tertiary/aromatic N) is 1. The van der Waals surface area contributed by atoms with Crippen LogP contribution in [0.2, 0.25) is 0 Å². The Hall–Kier alpha value is -0.910. The fourth-order valence-corrected chi connectivity index (χ4v) is 0.792. The Labute approximate surface area is 82.0 Å². The topological polar surface area (TPSA) is 48.1 Å². The summed E-state index contributed by atoms with van der Waals surface area (Å²) in [6.07, 6.45) is -1.87. The Morgan fingerprint density at radius 3 is 2.85 bits per heavy atom. The van der Waals surface area contributed by atoms with Gasteiger partial charge in [-0.3, -0.25) is 0 Å². The molecule has 0 radical (unpaired) electrons. The number of hydrogen-bond donors (Lipinski definition) is 1. The molecule has 0 aromatic carbocycles. The number of rotatable bonds is 3. The molecule has 0 amide bonds. The third-order valence-electron chi connectivity index (χ3n) is 1.21.